The lowest BCUT2D eigenvalue weighted by atomic mass is 10.2. The lowest BCUT2D eigenvalue weighted by Gasteiger charge is -2.36. The van der Waals surface area contributed by atoms with Gasteiger partial charge in [-0.2, -0.15) is 0 Å². The van der Waals surface area contributed by atoms with Crippen LogP contribution in [0.25, 0.3) is 0 Å². The summed E-state index contributed by atoms with van der Waals surface area (Å²) >= 11 is 0. The molecule has 132 valence electrons. The number of hydrogen-bond acceptors (Lipinski definition) is 4. The number of likely N-dealkylation sites (tertiary alicyclic amines) is 1. The van der Waals surface area contributed by atoms with Crippen LogP contribution < -0.4 is 10.2 Å². The average Bonchev–Trinajstić information content (AvgIpc) is 2.84. The minimum absolute atomic E-state index is 0.0138. The van der Waals surface area contributed by atoms with Gasteiger partial charge in [0.1, 0.15) is 5.82 Å². The van der Waals surface area contributed by atoms with E-state index >= 15 is 0 Å². The van der Waals surface area contributed by atoms with Gasteiger partial charge in [0.05, 0.1) is 24.1 Å². The molecule has 1 aromatic rings. The smallest absolute Gasteiger partial charge is 0.321 e. The number of aromatic nitrogens is 1. The predicted molar refractivity (Wildman–Crippen MR) is 95.5 cm³/mol. The monoisotopic (exact) mass is 332 g/mol. The fourth-order valence-electron chi connectivity index (χ4n) is 3.49. The Bertz CT molecular complexity index is 530. The van der Waals surface area contributed by atoms with Crippen molar-refractivity contribution in [2.45, 2.75) is 51.7 Å². The Hall–Kier alpha value is -1.82. The van der Waals surface area contributed by atoms with E-state index in [0.717, 1.165) is 50.5 Å². The van der Waals surface area contributed by atoms with Crippen LogP contribution in [0.5, 0.6) is 0 Å². The van der Waals surface area contributed by atoms with Crippen LogP contribution in [0.1, 0.15) is 39.5 Å². The van der Waals surface area contributed by atoms with Crippen molar-refractivity contribution < 1.29 is 9.53 Å². The molecule has 0 aromatic carbocycles. The molecular formula is C18H28N4O2. The van der Waals surface area contributed by atoms with Crippen molar-refractivity contribution in [2.75, 3.05) is 36.4 Å². The number of carbonyl (C=O) groups excluding carboxylic acids is 1. The first-order valence-corrected chi connectivity index (χ1v) is 9.04. The largest absolute Gasteiger partial charge is 0.372 e. The molecule has 0 spiro atoms. The number of ether oxygens (including phenoxy) is 1. The number of rotatable bonds is 2. The van der Waals surface area contributed by atoms with E-state index in [1.54, 1.807) is 6.20 Å². The molecule has 2 saturated heterocycles. The van der Waals surface area contributed by atoms with Gasteiger partial charge in [-0.15, -0.1) is 0 Å². The number of carbonyl (C=O) groups is 1. The second kappa shape index (κ2) is 7.83. The Morgan fingerprint density at radius 3 is 2.38 bits per heavy atom. The van der Waals surface area contributed by atoms with Crippen molar-refractivity contribution in [2.24, 2.45) is 0 Å². The maximum Gasteiger partial charge on any atom is 0.321 e. The van der Waals surface area contributed by atoms with E-state index in [4.69, 9.17) is 4.74 Å². The maximum absolute atomic E-state index is 12.4. The number of nitrogens with one attached hydrogen (secondary N) is 1. The molecule has 1 N–H and O–H groups in total. The van der Waals surface area contributed by atoms with Gasteiger partial charge < -0.3 is 19.9 Å². The van der Waals surface area contributed by atoms with Gasteiger partial charge in [-0.1, -0.05) is 12.8 Å². The average molecular weight is 332 g/mol. The number of anilines is 2. The summed E-state index contributed by atoms with van der Waals surface area (Å²) in [6, 6.07) is 3.89. The van der Waals surface area contributed by atoms with Crippen molar-refractivity contribution in [3.63, 3.8) is 0 Å². The Morgan fingerprint density at radius 2 is 1.79 bits per heavy atom. The molecule has 6 nitrogen and oxygen atoms in total. The van der Waals surface area contributed by atoms with Gasteiger partial charge in [0.15, 0.2) is 0 Å². The summed E-state index contributed by atoms with van der Waals surface area (Å²) in [6.45, 7) is 7.55. The molecule has 2 unspecified atom stereocenters. The van der Waals surface area contributed by atoms with Gasteiger partial charge in [-0.3, -0.25) is 0 Å². The normalized spacial score (nSPS) is 25.2. The molecule has 2 aliphatic rings. The van der Waals surface area contributed by atoms with E-state index in [2.05, 4.69) is 29.0 Å². The zero-order valence-corrected chi connectivity index (χ0v) is 14.7. The maximum atomic E-state index is 12.4. The van der Waals surface area contributed by atoms with Gasteiger partial charge in [-0.05, 0) is 38.8 Å². The topological polar surface area (TPSA) is 57.7 Å². The second-order valence-corrected chi connectivity index (χ2v) is 6.90. The zero-order chi connectivity index (χ0) is 16.9. The summed E-state index contributed by atoms with van der Waals surface area (Å²) in [5.41, 5.74) is 0.752. The van der Waals surface area contributed by atoms with Crippen LogP contribution in [0.15, 0.2) is 18.3 Å². The molecule has 24 heavy (non-hydrogen) atoms. The van der Waals surface area contributed by atoms with Crippen LogP contribution in [0.3, 0.4) is 0 Å². The number of nitrogens with zero attached hydrogens (tertiary/aromatic N) is 3. The molecule has 1 aromatic heterocycles. The fraction of sp³-hybridized carbons (Fsp3) is 0.667. The fourth-order valence-corrected chi connectivity index (χ4v) is 3.49. The third kappa shape index (κ3) is 4.38. The Morgan fingerprint density at radius 1 is 1.12 bits per heavy atom. The first kappa shape index (κ1) is 17.0. The third-order valence-corrected chi connectivity index (χ3v) is 4.64. The highest BCUT2D eigenvalue weighted by molar-refractivity contribution is 5.89. The molecule has 0 bridgehead atoms. The first-order chi connectivity index (χ1) is 11.6. The lowest BCUT2D eigenvalue weighted by molar-refractivity contribution is -0.00545. The number of urea groups is 1. The van der Waals surface area contributed by atoms with E-state index in [0.29, 0.717) is 0 Å². The quantitative estimate of drug-likeness (QED) is 0.904. The van der Waals surface area contributed by atoms with E-state index in [9.17, 15) is 4.79 Å². The molecule has 0 radical (unpaired) electrons. The van der Waals surface area contributed by atoms with Gasteiger partial charge in [-0.25, -0.2) is 9.78 Å². The highest BCUT2D eigenvalue weighted by atomic mass is 16.5. The van der Waals surface area contributed by atoms with E-state index in [1.807, 2.05) is 17.0 Å². The van der Waals surface area contributed by atoms with Crippen LogP contribution in [0.2, 0.25) is 0 Å². The van der Waals surface area contributed by atoms with E-state index in [1.165, 1.54) is 12.8 Å². The molecule has 2 fully saturated rings. The summed E-state index contributed by atoms with van der Waals surface area (Å²) < 4.78 is 5.76. The zero-order valence-electron chi connectivity index (χ0n) is 14.7. The van der Waals surface area contributed by atoms with Crippen molar-refractivity contribution in [3.05, 3.63) is 18.3 Å². The molecule has 3 heterocycles. The standard InChI is InChI=1S/C18H28N4O2/c1-14-12-22(13-15(2)24-14)17-8-7-16(11-19-17)20-18(23)21-9-5-3-4-6-10-21/h7-8,11,14-15H,3-6,9-10,12-13H2,1-2H3,(H,20,23). The van der Waals surface area contributed by atoms with Crippen LogP contribution in [-0.4, -0.2) is 54.3 Å². The Kier molecular flexibility index (Phi) is 5.56. The summed E-state index contributed by atoms with van der Waals surface area (Å²) in [7, 11) is 0. The Labute approximate surface area is 144 Å². The number of pyridine rings is 1. The van der Waals surface area contributed by atoms with Crippen LogP contribution >= 0.6 is 0 Å². The van der Waals surface area contributed by atoms with E-state index in [-0.39, 0.29) is 18.2 Å². The van der Waals surface area contributed by atoms with Gasteiger partial charge in [0, 0.05) is 26.2 Å². The van der Waals surface area contributed by atoms with Crippen molar-refractivity contribution in [1.29, 1.82) is 0 Å². The van der Waals surface area contributed by atoms with Crippen molar-refractivity contribution in [1.82, 2.24) is 9.88 Å². The summed E-state index contributed by atoms with van der Waals surface area (Å²) in [4.78, 5) is 21.0. The minimum atomic E-state index is -0.0138. The van der Waals surface area contributed by atoms with Crippen molar-refractivity contribution in [3.8, 4) is 0 Å². The third-order valence-electron chi connectivity index (χ3n) is 4.64. The molecule has 0 aliphatic carbocycles. The molecule has 6 heteroatoms. The van der Waals surface area contributed by atoms with Gasteiger partial charge in [0.25, 0.3) is 0 Å². The molecule has 3 rings (SSSR count). The second-order valence-electron chi connectivity index (χ2n) is 6.90. The molecule has 0 saturated carbocycles. The van der Waals surface area contributed by atoms with E-state index < -0.39 is 0 Å². The number of morpholine rings is 1. The highest BCUT2D eigenvalue weighted by Gasteiger charge is 2.23. The summed E-state index contributed by atoms with van der Waals surface area (Å²) in [5.74, 6) is 0.935. The first-order valence-electron chi connectivity index (χ1n) is 9.04. The molecular weight excluding hydrogens is 304 g/mol. The van der Waals surface area contributed by atoms with Gasteiger partial charge in [0.2, 0.25) is 0 Å². The minimum Gasteiger partial charge on any atom is -0.372 e. The Balaban J connectivity index is 1.58. The lowest BCUT2D eigenvalue weighted by Crippen LogP contribution is -2.45. The predicted octanol–water partition coefficient (Wildman–Crippen LogP) is 3.10. The SMILES string of the molecule is CC1CN(c2ccc(NC(=O)N3CCCCCC3)cn2)CC(C)O1. The van der Waals surface area contributed by atoms with Crippen LogP contribution in [0.4, 0.5) is 16.3 Å². The van der Waals surface area contributed by atoms with Gasteiger partial charge >= 0.3 is 6.03 Å². The summed E-state index contributed by atoms with van der Waals surface area (Å²) in [6.07, 6.45) is 6.79. The molecule has 2 amide bonds. The number of amides is 2. The molecule has 2 atom stereocenters. The highest BCUT2D eigenvalue weighted by Crippen LogP contribution is 2.20. The van der Waals surface area contributed by atoms with Crippen LogP contribution in [0, 0.1) is 0 Å². The van der Waals surface area contributed by atoms with Crippen molar-refractivity contribution >= 4 is 17.5 Å². The number of hydrogen-bond donors (Lipinski definition) is 1. The van der Waals surface area contributed by atoms with Crippen LogP contribution in [-0.2, 0) is 4.74 Å². The summed E-state index contributed by atoms with van der Waals surface area (Å²) in [5, 5.41) is 2.97. The molecule has 2 aliphatic heterocycles.